The summed E-state index contributed by atoms with van der Waals surface area (Å²) in [5.74, 6) is 0.425. The second-order valence-electron chi connectivity index (χ2n) is 5.65. The van der Waals surface area contributed by atoms with Gasteiger partial charge < -0.3 is 10.4 Å². The zero-order chi connectivity index (χ0) is 18.4. The van der Waals surface area contributed by atoms with Crippen LogP contribution in [0.5, 0.6) is 0 Å². The second-order valence-corrected chi connectivity index (χ2v) is 5.65. The number of nitrogens with zero attached hydrogens (tertiary/aromatic N) is 4. The molecule has 0 bridgehead atoms. The third-order valence-electron chi connectivity index (χ3n) is 3.83. The lowest BCUT2D eigenvalue weighted by molar-refractivity contribution is 0.219. The van der Waals surface area contributed by atoms with Gasteiger partial charge in [0.1, 0.15) is 6.10 Å². The maximum atomic E-state index is 10.4. The first-order chi connectivity index (χ1) is 12.7. The Balaban J connectivity index is 1.68. The van der Waals surface area contributed by atoms with Crippen molar-refractivity contribution in [2.75, 3.05) is 5.32 Å². The monoisotopic (exact) mass is 341 g/mol. The van der Waals surface area contributed by atoms with Crippen LogP contribution < -0.4 is 5.32 Å². The summed E-state index contributed by atoms with van der Waals surface area (Å²) >= 11 is 0. The number of rotatable bonds is 5. The number of hydrogen-bond donors (Lipinski definition) is 2. The van der Waals surface area contributed by atoms with E-state index < -0.39 is 6.10 Å². The van der Waals surface area contributed by atoms with Crippen molar-refractivity contribution in [3.05, 3.63) is 88.7 Å². The van der Waals surface area contributed by atoms with E-state index >= 15 is 0 Å². The van der Waals surface area contributed by atoms with Gasteiger partial charge in [-0.05, 0) is 35.4 Å². The predicted octanol–water partition coefficient (Wildman–Crippen LogP) is 2.91. The minimum atomic E-state index is -0.898. The van der Waals surface area contributed by atoms with Crippen molar-refractivity contribution in [2.24, 2.45) is 0 Å². The van der Waals surface area contributed by atoms with Gasteiger partial charge in [0, 0.05) is 24.5 Å². The van der Waals surface area contributed by atoms with E-state index in [1.807, 2.05) is 12.1 Å². The molecule has 1 atom stereocenters. The molecule has 0 saturated heterocycles. The van der Waals surface area contributed by atoms with Crippen molar-refractivity contribution >= 4 is 5.95 Å². The predicted molar refractivity (Wildman–Crippen MR) is 95.7 cm³/mol. The van der Waals surface area contributed by atoms with Crippen LogP contribution in [-0.2, 0) is 6.54 Å². The van der Waals surface area contributed by atoms with Crippen molar-refractivity contribution in [1.29, 1.82) is 10.5 Å². The standard InChI is InChI=1S/C20H15N5O/c21-9-14-3-1-5-16(7-14)11-23-20-24-12-18(13-25-20)19(26)17-6-2-4-15(8-17)10-22/h1-8,12-13,19,26H,11H2,(H,23,24,25). The fourth-order valence-electron chi connectivity index (χ4n) is 2.47. The van der Waals surface area contributed by atoms with E-state index in [4.69, 9.17) is 10.5 Å². The average Bonchev–Trinajstić information content (AvgIpc) is 2.72. The Morgan fingerprint density at radius 3 is 2.27 bits per heavy atom. The lowest BCUT2D eigenvalue weighted by Gasteiger charge is -2.12. The molecule has 0 fully saturated rings. The molecule has 2 N–H and O–H groups in total. The molecule has 6 heteroatoms. The van der Waals surface area contributed by atoms with E-state index in [1.54, 1.807) is 48.8 Å². The fourth-order valence-corrected chi connectivity index (χ4v) is 2.47. The zero-order valence-electron chi connectivity index (χ0n) is 13.8. The maximum Gasteiger partial charge on any atom is 0.222 e. The van der Waals surface area contributed by atoms with Gasteiger partial charge in [-0.25, -0.2) is 9.97 Å². The molecule has 0 radical (unpaired) electrons. The molecule has 1 heterocycles. The summed E-state index contributed by atoms with van der Waals surface area (Å²) in [5.41, 5.74) is 3.19. The van der Waals surface area contributed by atoms with Crippen molar-refractivity contribution in [3.8, 4) is 12.1 Å². The highest BCUT2D eigenvalue weighted by atomic mass is 16.3. The largest absolute Gasteiger partial charge is 0.384 e. The number of aromatic nitrogens is 2. The SMILES string of the molecule is N#Cc1cccc(CNc2ncc(C(O)c3cccc(C#N)c3)cn2)c1. The number of hydrogen-bond acceptors (Lipinski definition) is 6. The number of benzene rings is 2. The molecule has 0 aliphatic heterocycles. The van der Waals surface area contributed by atoms with Gasteiger partial charge in [0.2, 0.25) is 5.95 Å². The van der Waals surface area contributed by atoms with E-state index in [-0.39, 0.29) is 0 Å². The Labute approximate surface area is 151 Å². The van der Waals surface area contributed by atoms with E-state index in [0.29, 0.717) is 34.7 Å². The minimum absolute atomic E-state index is 0.425. The van der Waals surface area contributed by atoms with E-state index in [2.05, 4.69) is 27.4 Å². The minimum Gasteiger partial charge on any atom is -0.384 e. The molecule has 3 aromatic rings. The molecule has 0 amide bonds. The van der Waals surface area contributed by atoms with Crippen LogP contribution in [0.1, 0.15) is 33.9 Å². The molecule has 6 nitrogen and oxygen atoms in total. The highest BCUT2D eigenvalue weighted by Gasteiger charge is 2.12. The number of nitriles is 2. The lowest BCUT2D eigenvalue weighted by Crippen LogP contribution is -2.06. The molecule has 126 valence electrons. The van der Waals surface area contributed by atoms with Crippen molar-refractivity contribution in [1.82, 2.24) is 9.97 Å². The van der Waals surface area contributed by atoms with E-state index in [1.165, 1.54) is 0 Å². The first kappa shape index (κ1) is 17.1. The Hall–Kier alpha value is -3.74. The van der Waals surface area contributed by atoms with Crippen LogP contribution in [0.2, 0.25) is 0 Å². The number of anilines is 1. The third kappa shape index (κ3) is 4.02. The third-order valence-corrected chi connectivity index (χ3v) is 3.83. The van der Waals surface area contributed by atoms with Crippen molar-refractivity contribution < 1.29 is 5.11 Å². The summed E-state index contributed by atoms with van der Waals surface area (Å²) in [6.07, 6.45) is 2.19. The summed E-state index contributed by atoms with van der Waals surface area (Å²) in [7, 11) is 0. The van der Waals surface area contributed by atoms with Crippen LogP contribution in [0.15, 0.2) is 60.9 Å². The molecule has 0 aliphatic carbocycles. The number of aliphatic hydroxyl groups excluding tert-OH is 1. The molecule has 1 aromatic heterocycles. The van der Waals surface area contributed by atoms with Gasteiger partial charge in [0.25, 0.3) is 0 Å². The Bertz CT molecular complexity index is 986. The smallest absolute Gasteiger partial charge is 0.222 e. The molecular weight excluding hydrogens is 326 g/mol. The number of aliphatic hydroxyl groups is 1. The van der Waals surface area contributed by atoms with Crippen LogP contribution >= 0.6 is 0 Å². The van der Waals surface area contributed by atoms with Gasteiger partial charge in [-0.15, -0.1) is 0 Å². The molecule has 2 aromatic carbocycles. The van der Waals surface area contributed by atoms with Crippen LogP contribution in [0, 0.1) is 22.7 Å². The Kier molecular flexibility index (Phi) is 5.19. The first-order valence-electron chi connectivity index (χ1n) is 7.92. The summed E-state index contributed by atoms with van der Waals surface area (Å²) in [6.45, 7) is 0.488. The van der Waals surface area contributed by atoms with E-state index in [9.17, 15) is 5.11 Å². The van der Waals surface area contributed by atoms with Gasteiger partial charge in [0.05, 0.1) is 23.3 Å². The molecule has 0 spiro atoms. The Morgan fingerprint density at radius 1 is 0.923 bits per heavy atom. The van der Waals surface area contributed by atoms with Crippen LogP contribution in [0.3, 0.4) is 0 Å². The lowest BCUT2D eigenvalue weighted by atomic mass is 10.0. The Morgan fingerprint density at radius 2 is 1.58 bits per heavy atom. The van der Waals surface area contributed by atoms with Gasteiger partial charge in [-0.1, -0.05) is 24.3 Å². The van der Waals surface area contributed by atoms with Crippen molar-refractivity contribution in [3.63, 3.8) is 0 Å². The van der Waals surface area contributed by atoms with Gasteiger partial charge in [-0.2, -0.15) is 10.5 Å². The quantitative estimate of drug-likeness (QED) is 0.739. The van der Waals surface area contributed by atoms with Gasteiger partial charge >= 0.3 is 0 Å². The molecule has 26 heavy (non-hydrogen) atoms. The molecule has 3 rings (SSSR count). The molecule has 0 aliphatic rings. The first-order valence-corrected chi connectivity index (χ1v) is 7.92. The van der Waals surface area contributed by atoms with Gasteiger partial charge in [-0.3, -0.25) is 0 Å². The molecule has 1 unspecified atom stereocenters. The average molecular weight is 341 g/mol. The van der Waals surface area contributed by atoms with Crippen LogP contribution in [-0.4, -0.2) is 15.1 Å². The zero-order valence-corrected chi connectivity index (χ0v) is 13.8. The van der Waals surface area contributed by atoms with Gasteiger partial charge in [0.15, 0.2) is 0 Å². The summed E-state index contributed by atoms with van der Waals surface area (Å²) in [4.78, 5) is 8.43. The highest BCUT2D eigenvalue weighted by molar-refractivity contribution is 5.38. The van der Waals surface area contributed by atoms with E-state index in [0.717, 1.165) is 5.56 Å². The fraction of sp³-hybridized carbons (Fsp3) is 0.100. The summed E-state index contributed by atoms with van der Waals surface area (Å²) in [6, 6.07) is 18.2. The maximum absolute atomic E-state index is 10.4. The van der Waals surface area contributed by atoms with Crippen LogP contribution in [0.25, 0.3) is 0 Å². The molecule has 0 saturated carbocycles. The number of nitrogens with one attached hydrogen (secondary N) is 1. The summed E-state index contributed by atoms with van der Waals surface area (Å²) in [5, 5.41) is 31.4. The highest BCUT2D eigenvalue weighted by Crippen LogP contribution is 2.22. The summed E-state index contributed by atoms with van der Waals surface area (Å²) < 4.78 is 0. The molecular formula is C20H15N5O. The topological polar surface area (TPSA) is 106 Å². The normalized spacial score (nSPS) is 11.2. The van der Waals surface area contributed by atoms with Crippen molar-refractivity contribution in [2.45, 2.75) is 12.6 Å². The second kappa shape index (κ2) is 7.89. The van der Waals surface area contributed by atoms with Crippen LogP contribution in [0.4, 0.5) is 5.95 Å².